The summed E-state index contributed by atoms with van der Waals surface area (Å²) in [5.74, 6) is -0.289. The van der Waals surface area contributed by atoms with Crippen molar-refractivity contribution < 1.29 is 23.1 Å². The van der Waals surface area contributed by atoms with Crippen LogP contribution >= 0.6 is 11.6 Å². The van der Waals surface area contributed by atoms with Crippen molar-refractivity contribution in [1.82, 2.24) is 9.80 Å². The second-order valence-corrected chi connectivity index (χ2v) is 7.36. The van der Waals surface area contributed by atoms with Gasteiger partial charge in [-0.2, -0.15) is 8.78 Å². The van der Waals surface area contributed by atoms with Crippen molar-refractivity contribution in [2.24, 2.45) is 0 Å². The zero-order valence-electron chi connectivity index (χ0n) is 16.7. The van der Waals surface area contributed by atoms with E-state index in [1.54, 1.807) is 41.3 Å². The summed E-state index contributed by atoms with van der Waals surface area (Å²) in [5.41, 5.74) is 0.725. The molecule has 0 aromatic heterocycles. The zero-order chi connectivity index (χ0) is 22.2. The third-order valence-electron chi connectivity index (χ3n) is 4.74. The summed E-state index contributed by atoms with van der Waals surface area (Å²) in [5, 5.41) is 5.87. The molecule has 3 rings (SSSR count). The van der Waals surface area contributed by atoms with Gasteiger partial charge >= 0.3 is 12.6 Å². The molecule has 31 heavy (non-hydrogen) atoms. The Kier molecular flexibility index (Phi) is 8.02. The minimum Gasteiger partial charge on any atom is -0.433 e. The van der Waals surface area contributed by atoms with Gasteiger partial charge in [-0.1, -0.05) is 35.9 Å². The van der Waals surface area contributed by atoms with Gasteiger partial charge in [0.1, 0.15) is 5.75 Å². The standard InChI is InChI=1S/C21H23ClF2N4O3/c22-15-6-1-2-7-16(15)25-19(29)14-27-10-5-11-28(13-12-27)21(30)26-17-8-3-4-9-18(17)31-20(23)24/h1-4,6-9,20H,5,10-14H2,(H,25,29)(H,26,30). The summed E-state index contributed by atoms with van der Waals surface area (Å²) in [6.45, 7) is -0.800. The van der Waals surface area contributed by atoms with E-state index in [9.17, 15) is 18.4 Å². The number of ether oxygens (including phenoxy) is 1. The Labute approximate surface area is 183 Å². The second kappa shape index (κ2) is 10.9. The summed E-state index contributed by atoms with van der Waals surface area (Å²) in [6.07, 6.45) is 0.669. The van der Waals surface area contributed by atoms with Gasteiger partial charge in [0.25, 0.3) is 0 Å². The van der Waals surface area contributed by atoms with Crippen LogP contribution in [0.5, 0.6) is 5.75 Å². The number of halogens is 3. The summed E-state index contributed by atoms with van der Waals surface area (Å²) in [6, 6.07) is 12.6. The first-order chi connectivity index (χ1) is 14.9. The minimum atomic E-state index is -2.98. The van der Waals surface area contributed by atoms with Crippen LogP contribution in [0.25, 0.3) is 0 Å². The number of hydrogen-bond donors (Lipinski definition) is 2. The maximum atomic E-state index is 12.6. The van der Waals surface area contributed by atoms with Gasteiger partial charge in [0, 0.05) is 26.2 Å². The first-order valence-corrected chi connectivity index (χ1v) is 10.2. The summed E-state index contributed by atoms with van der Waals surface area (Å²) >= 11 is 6.07. The molecule has 166 valence electrons. The highest BCUT2D eigenvalue weighted by molar-refractivity contribution is 6.33. The number of benzene rings is 2. The molecule has 0 spiro atoms. The molecule has 10 heteroatoms. The van der Waals surface area contributed by atoms with Crippen LogP contribution in [0, 0.1) is 0 Å². The van der Waals surface area contributed by atoms with Crippen molar-refractivity contribution in [3.63, 3.8) is 0 Å². The number of rotatable bonds is 6. The van der Waals surface area contributed by atoms with Crippen molar-refractivity contribution in [1.29, 1.82) is 0 Å². The molecule has 0 bridgehead atoms. The number of nitrogens with one attached hydrogen (secondary N) is 2. The lowest BCUT2D eigenvalue weighted by Gasteiger charge is -2.22. The molecule has 1 aliphatic heterocycles. The van der Waals surface area contributed by atoms with Crippen LogP contribution in [0.2, 0.25) is 5.02 Å². The molecule has 2 aromatic carbocycles. The van der Waals surface area contributed by atoms with E-state index < -0.39 is 12.6 Å². The fourth-order valence-corrected chi connectivity index (χ4v) is 3.43. The summed E-state index contributed by atoms with van der Waals surface area (Å²) in [7, 11) is 0. The van der Waals surface area contributed by atoms with Crippen LogP contribution in [0.4, 0.5) is 25.0 Å². The molecule has 3 amide bonds. The van der Waals surface area contributed by atoms with Crippen LogP contribution in [0.1, 0.15) is 6.42 Å². The molecule has 2 aromatic rings. The van der Waals surface area contributed by atoms with Crippen LogP contribution in [0.3, 0.4) is 0 Å². The van der Waals surface area contributed by atoms with Crippen LogP contribution in [-0.4, -0.2) is 61.1 Å². The van der Waals surface area contributed by atoms with E-state index in [0.29, 0.717) is 43.3 Å². The lowest BCUT2D eigenvalue weighted by atomic mass is 10.3. The highest BCUT2D eigenvalue weighted by Crippen LogP contribution is 2.26. The molecule has 2 N–H and O–H groups in total. The van der Waals surface area contributed by atoms with Crippen LogP contribution in [0.15, 0.2) is 48.5 Å². The van der Waals surface area contributed by atoms with Gasteiger partial charge < -0.3 is 20.3 Å². The lowest BCUT2D eigenvalue weighted by molar-refractivity contribution is -0.117. The maximum Gasteiger partial charge on any atom is 0.387 e. The summed E-state index contributed by atoms with van der Waals surface area (Å²) in [4.78, 5) is 28.5. The Hall–Kier alpha value is -2.91. The van der Waals surface area contributed by atoms with Crippen LogP contribution in [-0.2, 0) is 4.79 Å². The number of carbonyl (C=O) groups excluding carboxylic acids is 2. The molecular weight excluding hydrogens is 430 g/mol. The Bertz CT molecular complexity index is 916. The van der Waals surface area contributed by atoms with Crippen molar-refractivity contribution in [2.45, 2.75) is 13.0 Å². The smallest absolute Gasteiger partial charge is 0.387 e. The number of amides is 3. The second-order valence-electron chi connectivity index (χ2n) is 6.95. The average Bonchev–Trinajstić information content (AvgIpc) is 2.96. The molecule has 0 saturated carbocycles. The predicted octanol–water partition coefficient (Wildman–Crippen LogP) is 4.12. The summed E-state index contributed by atoms with van der Waals surface area (Å²) < 4.78 is 29.6. The number of para-hydroxylation sites is 3. The maximum absolute atomic E-state index is 12.6. The van der Waals surface area contributed by atoms with Gasteiger partial charge in [-0.15, -0.1) is 0 Å². The fourth-order valence-electron chi connectivity index (χ4n) is 3.25. The average molecular weight is 453 g/mol. The number of carbonyl (C=O) groups is 2. The van der Waals surface area contributed by atoms with Gasteiger partial charge in [-0.3, -0.25) is 9.69 Å². The van der Waals surface area contributed by atoms with Crippen molar-refractivity contribution in [2.75, 3.05) is 43.4 Å². The minimum absolute atomic E-state index is 0.0986. The lowest BCUT2D eigenvalue weighted by Crippen LogP contribution is -2.39. The third kappa shape index (κ3) is 6.80. The van der Waals surface area contributed by atoms with E-state index in [2.05, 4.69) is 15.4 Å². The van der Waals surface area contributed by atoms with Gasteiger partial charge in [-0.25, -0.2) is 4.79 Å². The highest BCUT2D eigenvalue weighted by Gasteiger charge is 2.22. The quantitative estimate of drug-likeness (QED) is 0.691. The van der Waals surface area contributed by atoms with E-state index in [1.165, 1.54) is 12.1 Å². The number of nitrogens with zero attached hydrogens (tertiary/aromatic N) is 2. The van der Waals surface area contributed by atoms with Crippen molar-refractivity contribution in [3.05, 3.63) is 53.6 Å². The van der Waals surface area contributed by atoms with Crippen molar-refractivity contribution in [3.8, 4) is 5.75 Å². The largest absolute Gasteiger partial charge is 0.433 e. The van der Waals surface area contributed by atoms with E-state index in [4.69, 9.17) is 11.6 Å². The van der Waals surface area contributed by atoms with E-state index >= 15 is 0 Å². The fraction of sp³-hybridized carbons (Fsp3) is 0.333. The zero-order valence-corrected chi connectivity index (χ0v) is 17.4. The Morgan fingerprint density at radius 3 is 2.42 bits per heavy atom. The van der Waals surface area contributed by atoms with E-state index in [0.717, 1.165) is 0 Å². The Morgan fingerprint density at radius 2 is 1.68 bits per heavy atom. The first-order valence-electron chi connectivity index (χ1n) is 9.79. The molecule has 1 saturated heterocycles. The molecule has 1 heterocycles. The molecule has 0 aliphatic carbocycles. The molecule has 1 aliphatic rings. The number of alkyl halides is 2. The van der Waals surface area contributed by atoms with Gasteiger partial charge in [0.2, 0.25) is 5.91 Å². The molecule has 0 radical (unpaired) electrons. The molecule has 7 nitrogen and oxygen atoms in total. The Balaban J connectivity index is 1.52. The van der Waals surface area contributed by atoms with Crippen molar-refractivity contribution >= 4 is 34.9 Å². The molecule has 0 unspecified atom stereocenters. The number of hydrogen-bond acceptors (Lipinski definition) is 4. The topological polar surface area (TPSA) is 73.9 Å². The third-order valence-corrected chi connectivity index (χ3v) is 5.07. The van der Waals surface area contributed by atoms with Gasteiger partial charge in [0.05, 0.1) is 22.9 Å². The molecule has 1 fully saturated rings. The molecule has 0 atom stereocenters. The highest BCUT2D eigenvalue weighted by atomic mass is 35.5. The number of anilines is 2. The molecular formula is C21H23ClF2N4O3. The SMILES string of the molecule is O=C(CN1CCCN(C(=O)Nc2ccccc2OC(F)F)CC1)Nc1ccccc1Cl. The van der Waals surface area contributed by atoms with E-state index in [1.807, 2.05) is 4.90 Å². The monoisotopic (exact) mass is 452 g/mol. The van der Waals surface area contributed by atoms with Gasteiger partial charge in [-0.05, 0) is 30.7 Å². The number of urea groups is 1. The predicted molar refractivity (Wildman–Crippen MR) is 115 cm³/mol. The normalized spacial score (nSPS) is 14.8. The van der Waals surface area contributed by atoms with Gasteiger partial charge in [0.15, 0.2) is 0 Å². The first kappa shape index (κ1) is 22.8. The van der Waals surface area contributed by atoms with Crippen LogP contribution < -0.4 is 15.4 Å². The Morgan fingerprint density at radius 1 is 0.968 bits per heavy atom. The van der Waals surface area contributed by atoms with E-state index in [-0.39, 0.29) is 23.9 Å².